The van der Waals surface area contributed by atoms with Crippen LogP contribution in [0.3, 0.4) is 0 Å². The second-order valence-electron chi connectivity index (χ2n) is 8.44. The summed E-state index contributed by atoms with van der Waals surface area (Å²) in [6, 6.07) is 16.5. The van der Waals surface area contributed by atoms with E-state index in [0.29, 0.717) is 18.7 Å². The molecule has 6 heteroatoms. The van der Waals surface area contributed by atoms with Gasteiger partial charge in [-0.15, -0.1) is 0 Å². The first-order valence-corrected chi connectivity index (χ1v) is 11.3. The Morgan fingerprint density at radius 2 is 1.72 bits per heavy atom. The van der Waals surface area contributed by atoms with E-state index in [-0.39, 0.29) is 37.7 Å². The van der Waals surface area contributed by atoms with Gasteiger partial charge in [0.05, 0.1) is 6.54 Å². The molecule has 5 rings (SSSR count). The number of benzene rings is 2. The zero-order chi connectivity index (χ0) is 21.9. The molecule has 2 heterocycles. The highest BCUT2D eigenvalue weighted by atomic mass is 16.7. The molecule has 0 bridgehead atoms. The van der Waals surface area contributed by atoms with Gasteiger partial charge in [-0.25, -0.2) is 4.79 Å². The van der Waals surface area contributed by atoms with Crippen LogP contribution >= 0.6 is 0 Å². The molecule has 6 nitrogen and oxygen atoms in total. The van der Waals surface area contributed by atoms with Gasteiger partial charge in [0.25, 0.3) is 0 Å². The molecule has 166 valence electrons. The lowest BCUT2D eigenvalue weighted by atomic mass is 9.98. The summed E-state index contributed by atoms with van der Waals surface area (Å²) in [5, 5.41) is 0. The molecular weight excluding hydrogens is 406 g/mol. The van der Waals surface area contributed by atoms with Gasteiger partial charge in [0, 0.05) is 24.6 Å². The minimum atomic E-state index is -0.401. The quantitative estimate of drug-likeness (QED) is 0.680. The molecule has 1 amide bonds. The van der Waals surface area contributed by atoms with E-state index in [1.807, 2.05) is 24.3 Å². The Labute approximate surface area is 187 Å². The van der Waals surface area contributed by atoms with Crippen LogP contribution < -0.4 is 0 Å². The van der Waals surface area contributed by atoms with E-state index in [1.54, 1.807) is 11.0 Å². The van der Waals surface area contributed by atoms with Gasteiger partial charge < -0.3 is 19.1 Å². The van der Waals surface area contributed by atoms with Crippen molar-refractivity contribution in [1.29, 1.82) is 0 Å². The summed E-state index contributed by atoms with van der Waals surface area (Å²) >= 11 is 0. The van der Waals surface area contributed by atoms with Crippen LogP contribution in [0.25, 0.3) is 11.1 Å². The number of amides is 1. The molecular formula is C26H27NO5. The molecule has 2 aromatic carbocycles. The zero-order valence-corrected chi connectivity index (χ0v) is 18.0. The number of Topliss-reactive ketones (excluding diaryl/α,β-unsaturated/α-hetero) is 1. The van der Waals surface area contributed by atoms with Gasteiger partial charge in [-0.05, 0) is 41.5 Å². The molecule has 32 heavy (non-hydrogen) atoms. The van der Waals surface area contributed by atoms with Gasteiger partial charge in [0.1, 0.15) is 13.2 Å². The Kier molecular flexibility index (Phi) is 6.06. The summed E-state index contributed by atoms with van der Waals surface area (Å²) in [5.74, 6) is -0.0833. The molecule has 1 fully saturated rings. The van der Waals surface area contributed by atoms with Crippen molar-refractivity contribution in [3.8, 4) is 11.1 Å². The second-order valence-corrected chi connectivity index (χ2v) is 8.44. The van der Waals surface area contributed by atoms with Gasteiger partial charge in [0.15, 0.2) is 12.1 Å². The highest BCUT2D eigenvalue weighted by molar-refractivity contribution is 5.98. The highest BCUT2D eigenvalue weighted by Crippen LogP contribution is 2.44. The van der Waals surface area contributed by atoms with Crippen LogP contribution in [0.2, 0.25) is 0 Å². The molecule has 1 unspecified atom stereocenters. The lowest BCUT2D eigenvalue weighted by Crippen LogP contribution is -2.32. The molecule has 0 aromatic heterocycles. The number of hydrogen-bond acceptors (Lipinski definition) is 5. The van der Waals surface area contributed by atoms with Crippen molar-refractivity contribution in [2.24, 2.45) is 0 Å². The minimum Gasteiger partial charge on any atom is -0.448 e. The van der Waals surface area contributed by atoms with Crippen molar-refractivity contribution in [1.82, 2.24) is 4.90 Å². The van der Waals surface area contributed by atoms with E-state index in [4.69, 9.17) is 14.2 Å². The molecule has 0 saturated carbocycles. The lowest BCUT2D eigenvalue weighted by Gasteiger charge is -2.22. The second kappa shape index (κ2) is 9.27. The molecule has 1 aliphatic carbocycles. The number of fused-ring (bicyclic) bond motifs is 3. The molecule has 2 aromatic rings. The largest absolute Gasteiger partial charge is 0.448 e. The number of ether oxygens (including phenoxy) is 3. The minimum absolute atomic E-state index is 0.0188. The van der Waals surface area contributed by atoms with Gasteiger partial charge in [-0.2, -0.15) is 0 Å². The summed E-state index contributed by atoms with van der Waals surface area (Å²) in [4.78, 5) is 26.7. The predicted octanol–water partition coefficient (Wildman–Crippen LogP) is 4.29. The van der Waals surface area contributed by atoms with Crippen LogP contribution in [0.5, 0.6) is 0 Å². The van der Waals surface area contributed by atoms with Gasteiger partial charge in [-0.1, -0.05) is 54.6 Å². The Morgan fingerprint density at radius 3 is 2.41 bits per heavy atom. The number of nitrogens with zero attached hydrogens (tertiary/aromatic N) is 1. The fraction of sp³-hybridized carbons (Fsp3) is 0.385. The standard InChI is InChI=1S/C26H27NO5/c28-24(17-31-25-11-5-6-14-30-25)18-12-13-27(15-18)26(29)32-16-23-21-9-3-1-7-19(21)20-8-2-4-10-22(20)23/h1-4,7-10,12,23,25H,5-6,11,13-17H2. The van der Waals surface area contributed by atoms with Crippen LogP contribution in [0.4, 0.5) is 4.79 Å². The zero-order valence-electron chi connectivity index (χ0n) is 18.0. The third-order valence-corrected chi connectivity index (χ3v) is 6.41. The van der Waals surface area contributed by atoms with Crippen molar-refractivity contribution in [2.45, 2.75) is 31.5 Å². The topological polar surface area (TPSA) is 65.1 Å². The van der Waals surface area contributed by atoms with Crippen molar-refractivity contribution >= 4 is 11.9 Å². The molecule has 0 N–H and O–H groups in total. The van der Waals surface area contributed by atoms with E-state index in [2.05, 4.69) is 24.3 Å². The highest BCUT2D eigenvalue weighted by Gasteiger charge is 2.31. The average molecular weight is 434 g/mol. The maximum absolute atomic E-state index is 12.7. The van der Waals surface area contributed by atoms with Gasteiger partial charge >= 0.3 is 6.09 Å². The number of rotatable bonds is 6. The Morgan fingerprint density at radius 1 is 1.00 bits per heavy atom. The molecule has 1 atom stereocenters. The molecule has 0 radical (unpaired) electrons. The summed E-state index contributed by atoms with van der Waals surface area (Å²) in [6.07, 6.45) is 3.99. The molecule has 0 spiro atoms. The van der Waals surface area contributed by atoms with Crippen molar-refractivity contribution in [3.05, 3.63) is 71.3 Å². The number of carbonyl (C=O) groups is 2. The lowest BCUT2D eigenvalue weighted by molar-refractivity contribution is -0.167. The number of hydrogen-bond donors (Lipinski definition) is 0. The van der Waals surface area contributed by atoms with E-state index >= 15 is 0 Å². The van der Waals surface area contributed by atoms with Gasteiger partial charge in [-0.3, -0.25) is 4.79 Å². The molecule has 3 aliphatic rings. The van der Waals surface area contributed by atoms with E-state index in [1.165, 1.54) is 22.3 Å². The Hall–Kier alpha value is -2.96. The SMILES string of the molecule is O=C(COC1CCCCO1)C1=CCN(C(=O)OCC2c3ccccc3-c3ccccc32)C1. The first-order valence-electron chi connectivity index (χ1n) is 11.3. The fourth-order valence-electron chi connectivity index (χ4n) is 4.69. The molecule has 2 aliphatic heterocycles. The predicted molar refractivity (Wildman–Crippen MR) is 119 cm³/mol. The van der Waals surface area contributed by atoms with Gasteiger partial charge in [0.2, 0.25) is 0 Å². The Bertz CT molecular complexity index is 995. The van der Waals surface area contributed by atoms with Crippen LogP contribution in [0.1, 0.15) is 36.3 Å². The third kappa shape index (κ3) is 4.20. The molecule has 1 saturated heterocycles. The average Bonchev–Trinajstić information content (AvgIpc) is 3.46. The number of ketones is 1. The normalized spacial score (nSPS) is 19.9. The van der Waals surface area contributed by atoms with Crippen molar-refractivity contribution in [2.75, 3.05) is 32.9 Å². The van der Waals surface area contributed by atoms with E-state index in [0.717, 1.165) is 19.3 Å². The first-order chi connectivity index (χ1) is 15.7. The van der Waals surface area contributed by atoms with E-state index < -0.39 is 6.09 Å². The Balaban J connectivity index is 1.14. The van der Waals surface area contributed by atoms with Crippen molar-refractivity contribution in [3.63, 3.8) is 0 Å². The third-order valence-electron chi connectivity index (χ3n) is 6.41. The smallest absolute Gasteiger partial charge is 0.410 e. The maximum atomic E-state index is 12.7. The van der Waals surface area contributed by atoms with Crippen LogP contribution in [-0.4, -0.2) is 56.0 Å². The fourth-order valence-corrected chi connectivity index (χ4v) is 4.69. The number of carbonyl (C=O) groups excluding carboxylic acids is 2. The monoisotopic (exact) mass is 433 g/mol. The van der Waals surface area contributed by atoms with Crippen LogP contribution in [0.15, 0.2) is 60.2 Å². The summed E-state index contributed by atoms with van der Waals surface area (Å²) < 4.78 is 16.8. The summed E-state index contributed by atoms with van der Waals surface area (Å²) in [7, 11) is 0. The summed E-state index contributed by atoms with van der Waals surface area (Å²) in [6.45, 7) is 1.56. The first kappa shape index (κ1) is 20.9. The maximum Gasteiger partial charge on any atom is 0.410 e. The van der Waals surface area contributed by atoms with Crippen molar-refractivity contribution < 1.29 is 23.8 Å². The van der Waals surface area contributed by atoms with Crippen LogP contribution in [0, 0.1) is 0 Å². The van der Waals surface area contributed by atoms with Crippen LogP contribution in [-0.2, 0) is 19.0 Å². The van der Waals surface area contributed by atoms with E-state index in [9.17, 15) is 9.59 Å². The summed E-state index contributed by atoms with van der Waals surface area (Å²) in [5.41, 5.74) is 5.34.